The van der Waals surface area contributed by atoms with E-state index in [-0.39, 0.29) is 31.0 Å². The Kier molecular flexibility index (Phi) is 7.38. The summed E-state index contributed by atoms with van der Waals surface area (Å²) in [5.74, 6) is -0.0750. The van der Waals surface area contributed by atoms with Crippen LogP contribution in [0.5, 0.6) is 0 Å². The molecule has 0 spiro atoms. The summed E-state index contributed by atoms with van der Waals surface area (Å²) in [5.41, 5.74) is 4.47. The van der Waals surface area contributed by atoms with Gasteiger partial charge in [-0.05, 0) is 43.9 Å². The van der Waals surface area contributed by atoms with Crippen molar-refractivity contribution >= 4 is 34.8 Å². The van der Waals surface area contributed by atoms with Gasteiger partial charge in [-0.3, -0.25) is 4.79 Å². The molecule has 1 aliphatic heterocycles. The molecule has 0 radical (unpaired) electrons. The van der Waals surface area contributed by atoms with Gasteiger partial charge in [0.05, 0.1) is 18.3 Å². The van der Waals surface area contributed by atoms with Gasteiger partial charge in [-0.2, -0.15) is 0 Å². The van der Waals surface area contributed by atoms with E-state index in [0.717, 1.165) is 37.3 Å². The maximum atomic E-state index is 12.0. The smallest absolute Gasteiger partial charge is 0.240 e. The Bertz CT molecular complexity index is 714. The molecule has 1 aromatic heterocycles. The molecule has 3 rings (SSSR count). The summed E-state index contributed by atoms with van der Waals surface area (Å²) in [6, 6.07) is 6.28. The van der Waals surface area contributed by atoms with E-state index < -0.39 is 0 Å². The molecule has 1 aliphatic rings. The minimum atomic E-state index is -0.0750. The lowest BCUT2D eigenvalue weighted by atomic mass is 10.1. The van der Waals surface area contributed by atoms with Gasteiger partial charge >= 0.3 is 0 Å². The number of hydrogen-bond donors (Lipinski definition) is 2. The van der Waals surface area contributed by atoms with Gasteiger partial charge < -0.3 is 15.4 Å². The predicted molar refractivity (Wildman–Crippen MR) is 105 cm³/mol. The summed E-state index contributed by atoms with van der Waals surface area (Å²) >= 11 is 1.45. The zero-order valence-corrected chi connectivity index (χ0v) is 16.1. The van der Waals surface area contributed by atoms with Crippen LogP contribution in [0.25, 0.3) is 11.3 Å². The Morgan fingerprint density at radius 3 is 2.92 bits per heavy atom. The number of halogens is 1. The molecule has 1 saturated heterocycles. The molecule has 25 heavy (non-hydrogen) atoms. The second-order valence-electron chi connectivity index (χ2n) is 6.15. The van der Waals surface area contributed by atoms with Crippen LogP contribution in [-0.2, 0) is 9.53 Å². The topological polar surface area (TPSA) is 63.2 Å². The van der Waals surface area contributed by atoms with Gasteiger partial charge in [0.1, 0.15) is 0 Å². The standard InChI is InChI=1S/C18H23N3O2S.ClH/c1-12-5-6-14(8-13(12)2)16-11-24-18(20-16)21-17(22)10-19-9-15-4-3-7-23-15;/h5-6,8,11,15,19H,3-4,7,9-10H2,1-2H3,(H,20,21,22);1H. The number of nitrogens with zero attached hydrogens (tertiary/aromatic N) is 1. The Labute approximate surface area is 158 Å². The summed E-state index contributed by atoms with van der Waals surface area (Å²) < 4.78 is 5.52. The molecule has 7 heteroatoms. The summed E-state index contributed by atoms with van der Waals surface area (Å²) in [6.45, 7) is 6.01. The third kappa shape index (κ3) is 5.51. The van der Waals surface area contributed by atoms with Crippen molar-refractivity contribution in [1.82, 2.24) is 10.3 Å². The van der Waals surface area contributed by atoms with Crippen molar-refractivity contribution in [2.24, 2.45) is 0 Å². The molecule has 0 bridgehead atoms. The monoisotopic (exact) mass is 381 g/mol. The zero-order valence-electron chi connectivity index (χ0n) is 14.5. The van der Waals surface area contributed by atoms with Crippen molar-refractivity contribution in [3.8, 4) is 11.3 Å². The van der Waals surface area contributed by atoms with Crippen molar-refractivity contribution in [3.05, 3.63) is 34.7 Å². The minimum Gasteiger partial charge on any atom is -0.377 e. The van der Waals surface area contributed by atoms with E-state index in [1.165, 1.54) is 22.5 Å². The average Bonchev–Trinajstić information content (AvgIpc) is 3.22. The minimum absolute atomic E-state index is 0. The Balaban J connectivity index is 0.00000225. The summed E-state index contributed by atoms with van der Waals surface area (Å²) in [4.78, 5) is 16.5. The van der Waals surface area contributed by atoms with Crippen molar-refractivity contribution in [1.29, 1.82) is 0 Å². The van der Waals surface area contributed by atoms with Crippen LogP contribution in [-0.4, -0.2) is 36.7 Å². The van der Waals surface area contributed by atoms with Gasteiger partial charge in [-0.25, -0.2) is 4.98 Å². The first-order chi connectivity index (χ1) is 11.6. The molecule has 1 aromatic carbocycles. The highest BCUT2D eigenvalue weighted by molar-refractivity contribution is 7.14. The van der Waals surface area contributed by atoms with E-state index >= 15 is 0 Å². The van der Waals surface area contributed by atoms with Gasteiger partial charge in [0, 0.05) is 24.1 Å². The van der Waals surface area contributed by atoms with Crippen molar-refractivity contribution < 1.29 is 9.53 Å². The molecule has 1 atom stereocenters. The molecule has 1 amide bonds. The molecule has 2 N–H and O–H groups in total. The third-order valence-electron chi connectivity index (χ3n) is 4.23. The number of carbonyl (C=O) groups excluding carboxylic acids is 1. The average molecular weight is 382 g/mol. The van der Waals surface area contributed by atoms with E-state index in [9.17, 15) is 4.79 Å². The number of aromatic nitrogens is 1. The molecule has 0 aliphatic carbocycles. The number of amides is 1. The van der Waals surface area contributed by atoms with Crippen LogP contribution < -0.4 is 10.6 Å². The summed E-state index contributed by atoms with van der Waals surface area (Å²) in [7, 11) is 0. The second kappa shape index (κ2) is 9.29. The Hall–Kier alpha value is -1.47. The fraction of sp³-hybridized carbons (Fsp3) is 0.444. The van der Waals surface area contributed by atoms with Crippen LogP contribution in [0.4, 0.5) is 5.13 Å². The lowest BCUT2D eigenvalue weighted by Crippen LogP contribution is -2.33. The van der Waals surface area contributed by atoms with E-state index in [1.54, 1.807) is 0 Å². The molecule has 2 heterocycles. The van der Waals surface area contributed by atoms with E-state index in [1.807, 2.05) is 5.38 Å². The molecule has 136 valence electrons. The molecule has 1 unspecified atom stereocenters. The molecule has 0 saturated carbocycles. The van der Waals surface area contributed by atoms with Crippen molar-refractivity contribution in [3.63, 3.8) is 0 Å². The summed E-state index contributed by atoms with van der Waals surface area (Å²) in [6.07, 6.45) is 2.42. The third-order valence-corrected chi connectivity index (χ3v) is 4.99. The number of aryl methyl sites for hydroxylation is 2. The molecule has 5 nitrogen and oxygen atoms in total. The fourth-order valence-corrected chi connectivity index (χ4v) is 3.42. The fourth-order valence-electron chi connectivity index (χ4n) is 2.68. The van der Waals surface area contributed by atoms with Gasteiger partial charge in [0.2, 0.25) is 5.91 Å². The maximum absolute atomic E-state index is 12.0. The summed E-state index contributed by atoms with van der Waals surface area (Å²) in [5, 5.41) is 8.59. The highest BCUT2D eigenvalue weighted by Gasteiger charge is 2.15. The normalized spacial score (nSPS) is 16.5. The van der Waals surface area contributed by atoms with E-state index in [4.69, 9.17) is 4.74 Å². The maximum Gasteiger partial charge on any atom is 0.240 e. The first-order valence-corrected chi connectivity index (χ1v) is 9.15. The zero-order chi connectivity index (χ0) is 16.9. The Morgan fingerprint density at radius 2 is 2.20 bits per heavy atom. The Morgan fingerprint density at radius 1 is 1.36 bits per heavy atom. The SMILES string of the molecule is Cc1ccc(-c2csc(NC(=O)CNCC3CCCO3)n2)cc1C.Cl. The lowest BCUT2D eigenvalue weighted by Gasteiger charge is -2.10. The van der Waals surface area contributed by atoms with Crippen LogP contribution in [0.15, 0.2) is 23.6 Å². The van der Waals surface area contributed by atoms with Crippen LogP contribution in [0.3, 0.4) is 0 Å². The number of rotatable bonds is 6. The van der Waals surface area contributed by atoms with E-state index in [0.29, 0.717) is 5.13 Å². The number of ether oxygens (including phenoxy) is 1. The predicted octanol–water partition coefficient (Wildman–Crippen LogP) is 3.56. The number of anilines is 1. The van der Waals surface area contributed by atoms with E-state index in [2.05, 4.69) is 47.7 Å². The van der Waals surface area contributed by atoms with Crippen LogP contribution in [0.1, 0.15) is 24.0 Å². The van der Waals surface area contributed by atoms with Crippen LogP contribution in [0, 0.1) is 13.8 Å². The lowest BCUT2D eigenvalue weighted by molar-refractivity contribution is -0.115. The van der Waals surface area contributed by atoms with Crippen molar-refractivity contribution in [2.75, 3.05) is 25.0 Å². The number of thiazole rings is 1. The first-order valence-electron chi connectivity index (χ1n) is 8.27. The molecular formula is C18H24ClN3O2S. The first kappa shape index (κ1) is 19.8. The van der Waals surface area contributed by atoms with Gasteiger partial charge in [0.25, 0.3) is 0 Å². The molecule has 2 aromatic rings. The second-order valence-corrected chi connectivity index (χ2v) is 7.01. The molecule has 1 fully saturated rings. The number of carbonyl (C=O) groups is 1. The van der Waals surface area contributed by atoms with Crippen LogP contribution >= 0.6 is 23.7 Å². The highest BCUT2D eigenvalue weighted by Crippen LogP contribution is 2.26. The highest BCUT2D eigenvalue weighted by atomic mass is 35.5. The van der Waals surface area contributed by atoms with Crippen molar-refractivity contribution in [2.45, 2.75) is 32.8 Å². The number of hydrogen-bond acceptors (Lipinski definition) is 5. The molecular weight excluding hydrogens is 358 g/mol. The quantitative estimate of drug-likeness (QED) is 0.803. The van der Waals surface area contributed by atoms with Gasteiger partial charge in [-0.15, -0.1) is 23.7 Å². The number of benzene rings is 1. The van der Waals surface area contributed by atoms with Crippen LogP contribution in [0.2, 0.25) is 0 Å². The largest absolute Gasteiger partial charge is 0.377 e. The van der Waals surface area contributed by atoms with Gasteiger partial charge in [-0.1, -0.05) is 12.1 Å². The number of nitrogens with one attached hydrogen (secondary N) is 2. The van der Waals surface area contributed by atoms with Gasteiger partial charge in [0.15, 0.2) is 5.13 Å².